The Morgan fingerprint density at radius 3 is 1.89 bits per heavy atom. The molecule has 0 atom stereocenters. The van der Waals surface area contributed by atoms with E-state index in [1.807, 2.05) is 43.6 Å². The quantitative estimate of drug-likeness (QED) is 0.699. The van der Waals surface area contributed by atoms with Gasteiger partial charge in [0.2, 0.25) is 0 Å². The number of aromatic nitrogens is 4. The first-order valence-corrected chi connectivity index (χ1v) is 5.97. The van der Waals surface area contributed by atoms with Gasteiger partial charge in [-0.2, -0.15) is 0 Å². The molecule has 0 aliphatic rings. The number of aryl methyl sites for hydroxylation is 1. The maximum absolute atomic E-state index is 4.32. The van der Waals surface area contributed by atoms with Crippen molar-refractivity contribution < 1.29 is 0 Å². The summed E-state index contributed by atoms with van der Waals surface area (Å²) in [7, 11) is 0. The summed E-state index contributed by atoms with van der Waals surface area (Å²) in [5.74, 6) is 0.737. The van der Waals surface area contributed by atoms with Gasteiger partial charge in [0.1, 0.15) is 6.33 Å². The van der Waals surface area contributed by atoms with Crippen molar-refractivity contribution >= 4 is 0 Å². The van der Waals surface area contributed by atoms with Gasteiger partial charge in [-0.3, -0.25) is 0 Å². The molecular formula is C15H12N4. The molecule has 0 aliphatic heterocycles. The van der Waals surface area contributed by atoms with Gasteiger partial charge in [-0.1, -0.05) is 24.3 Å². The van der Waals surface area contributed by atoms with Crippen LogP contribution < -0.4 is 0 Å². The van der Waals surface area contributed by atoms with Gasteiger partial charge in [-0.25, -0.2) is 19.9 Å². The summed E-state index contributed by atoms with van der Waals surface area (Å²) in [6.07, 6.45) is 8.76. The van der Waals surface area contributed by atoms with E-state index < -0.39 is 0 Å². The Morgan fingerprint density at radius 2 is 1.26 bits per heavy atom. The zero-order valence-electron chi connectivity index (χ0n) is 10.5. The summed E-state index contributed by atoms with van der Waals surface area (Å²) in [6, 6.07) is 8.06. The fourth-order valence-corrected chi connectivity index (χ4v) is 1.80. The molecule has 4 nitrogen and oxygen atoms in total. The Labute approximate surface area is 111 Å². The zero-order chi connectivity index (χ0) is 13.1. The van der Waals surface area contributed by atoms with E-state index in [0.29, 0.717) is 0 Å². The van der Waals surface area contributed by atoms with Gasteiger partial charge in [0, 0.05) is 35.9 Å². The molecule has 3 rings (SSSR count). The molecular weight excluding hydrogens is 236 g/mol. The Balaban J connectivity index is 1.93. The highest BCUT2D eigenvalue weighted by atomic mass is 14.9. The van der Waals surface area contributed by atoms with Gasteiger partial charge >= 0.3 is 0 Å². The third-order valence-electron chi connectivity index (χ3n) is 2.82. The minimum Gasteiger partial charge on any atom is -0.244 e. The molecule has 0 fully saturated rings. The van der Waals surface area contributed by atoms with Crippen molar-refractivity contribution in [1.29, 1.82) is 0 Å². The summed E-state index contributed by atoms with van der Waals surface area (Å²) < 4.78 is 0. The standard InChI is InChI=1S/C15H12N4/c1-11-6-18-15(19-7-11)13-4-2-12(3-5-13)14-8-16-10-17-9-14/h2-10H,1H3. The lowest BCUT2D eigenvalue weighted by Gasteiger charge is -2.03. The Kier molecular flexibility index (Phi) is 2.98. The van der Waals surface area contributed by atoms with Crippen LogP contribution in [0, 0.1) is 6.92 Å². The van der Waals surface area contributed by atoms with Gasteiger partial charge in [0.05, 0.1) is 0 Å². The molecule has 0 aliphatic carbocycles. The van der Waals surface area contributed by atoms with E-state index in [0.717, 1.165) is 28.1 Å². The first-order valence-electron chi connectivity index (χ1n) is 5.97. The van der Waals surface area contributed by atoms with E-state index in [4.69, 9.17) is 0 Å². The number of hydrogen-bond donors (Lipinski definition) is 0. The van der Waals surface area contributed by atoms with Crippen LogP contribution in [0.3, 0.4) is 0 Å². The minimum atomic E-state index is 0.737. The molecule has 1 aromatic carbocycles. The van der Waals surface area contributed by atoms with Gasteiger partial charge in [0.15, 0.2) is 5.82 Å². The topological polar surface area (TPSA) is 51.6 Å². The summed E-state index contributed by atoms with van der Waals surface area (Å²) in [5.41, 5.74) is 4.14. The van der Waals surface area contributed by atoms with E-state index >= 15 is 0 Å². The van der Waals surface area contributed by atoms with Crippen molar-refractivity contribution in [3.8, 4) is 22.5 Å². The average Bonchev–Trinajstić information content (AvgIpc) is 2.49. The van der Waals surface area contributed by atoms with Gasteiger partial charge < -0.3 is 0 Å². The van der Waals surface area contributed by atoms with Crippen molar-refractivity contribution in [2.24, 2.45) is 0 Å². The highest BCUT2D eigenvalue weighted by molar-refractivity contribution is 5.66. The molecule has 3 aromatic rings. The van der Waals surface area contributed by atoms with Crippen LogP contribution in [0.2, 0.25) is 0 Å². The van der Waals surface area contributed by atoms with Gasteiger partial charge in [-0.15, -0.1) is 0 Å². The van der Waals surface area contributed by atoms with Crippen LogP contribution in [0.4, 0.5) is 0 Å². The number of nitrogens with zero attached hydrogens (tertiary/aromatic N) is 4. The lowest BCUT2D eigenvalue weighted by molar-refractivity contribution is 1.14. The van der Waals surface area contributed by atoms with E-state index in [1.165, 1.54) is 6.33 Å². The van der Waals surface area contributed by atoms with Crippen molar-refractivity contribution in [2.75, 3.05) is 0 Å². The molecule has 19 heavy (non-hydrogen) atoms. The fourth-order valence-electron chi connectivity index (χ4n) is 1.80. The predicted molar refractivity (Wildman–Crippen MR) is 73.2 cm³/mol. The molecule has 0 saturated carbocycles. The lowest BCUT2D eigenvalue weighted by atomic mass is 10.1. The van der Waals surface area contributed by atoms with Crippen LogP contribution in [-0.2, 0) is 0 Å². The van der Waals surface area contributed by atoms with Gasteiger partial charge in [0.25, 0.3) is 0 Å². The second-order valence-electron chi connectivity index (χ2n) is 4.29. The maximum atomic E-state index is 4.32. The first-order chi connectivity index (χ1) is 9.33. The van der Waals surface area contributed by atoms with Gasteiger partial charge in [-0.05, 0) is 18.1 Å². The molecule has 0 amide bonds. The third kappa shape index (κ3) is 2.47. The molecule has 0 spiro atoms. The molecule has 0 unspecified atom stereocenters. The van der Waals surface area contributed by atoms with Crippen molar-refractivity contribution in [3.63, 3.8) is 0 Å². The Morgan fingerprint density at radius 1 is 0.684 bits per heavy atom. The predicted octanol–water partition coefficient (Wildman–Crippen LogP) is 2.91. The highest BCUT2D eigenvalue weighted by Crippen LogP contribution is 2.21. The number of benzene rings is 1. The van der Waals surface area contributed by atoms with Crippen molar-refractivity contribution in [1.82, 2.24) is 19.9 Å². The largest absolute Gasteiger partial charge is 0.244 e. The molecule has 0 bridgehead atoms. The highest BCUT2D eigenvalue weighted by Gasteiger charge is 2.02. The van der Waals surface area contributed by atoms with Crippen LogP contribution in [0.5, 0.6) is 0 Å². The van der Waals surface area contributed by atoms with E-state index in [9.17, 15) is 0 Å². The fraction of sp³-hybridized carbons (Fsp3) is 0.0667. The van der Waals surface area contributed by atoms with Crippen molar-refractivity contribution in [3.05, 3.63) is 60.9 Å². The first kappa shape index (κ1) is 11.5. The Hall–Kier alpha value is -2.62. The molecule has 0 radical (unpaired) electrons. The number of hydrogen-bond acceptors (Lipinski definition) is 4. The summed E-state index contributed by atoms with van der Waals surface area (Å²) in [5, 5.41) is 0. The zero-order valence-corrected chi connectivity index (χ0v) is 10.5. The van der Waals surface area contributed by atoms with Crippen LogP contribution in [0.1, 0.15) is 5.56 Å². The molecule has 0 saturated heterocycles. The van der Waals surface area contributed by atoms with Crippen molar-refractivity contribution in [2.45, 2.75) is 6.92 Å². The van der Waals surface area contributed by atoms with E-state index in [-0.39, 0.29) is 0 Å². The molecule has 0 N–H and O–H groups in total. The Bertz CT molecular complexity index is 661. The summed E-state index contributed by atoms with van der Waals surface area (Å²) in [6.45, 7) is 1.97. The molecule has 2 heterocycles. The van der Waals surface area contributed by atoms with Crippen LogP contribution in [0.25, 0.3) is 22.5 Å². The summed E-state index contributed by atoms with van der Waals surface area (Å²) >= 11 is 0. The maximum Gasteiger partial charge on any atom is 0.159 e. The SMILES string of the molecule is Cc1cnc(-c2ccc(-c3cncnc3)cc2)nc1. The molecule has 2 aromatic heterocycles. The second-order valence-corrected chi connectivity index (χ2v) is 4.29. The van der Waals surface area contributed by atoms with E-state index in [2.05, 4.69) is 19.9 Å². The lowest BCUT2D eigenvalue weighted by Crippen LogP contribution is -1.89. The van der Waals surface area contributed by atoms with Crippen LogP contribution in [-0.4, -0.2) is 19.9 Å². The second kappa shape index (κ2) is 4.94. The number of rotatable bonds is 2. The average molecular weight is 248 g/mol. The minimum absolute atomic E-state index is 0.737. The van der Waals surface area contributed by atoms with Crippen LogP contribution >= 0.6 is 0 Å². The summed E-state index contributed by atoms with van der Waals surface area (Å²) in [4.78, 5) is 16.7. The monoisotopic (exact) mass is 248 g/mol. The smallest absolute Gasteiger partial charge is 0.159 e. The van der Waals surface area contributed by atoms with E-state index in [1.54, 1.807) is 12.4 Å². The molecule has 4 heteroatoms. The van der Waals surface area contributed by atoms with Crippen LogP contribution in [0.15, 0.2) is 55.4 Å². The molecule has 92 valence electrons. The third-order valence-corrected chi connectivity index (χ3v) is 2.82. The normalized spacial score (nSPS) is 10.4.